The summed E-state index contributed by atoms with van der Waals surface area (Å²) in [6.07, 6.45) is 6.51. The number of piperidine rings is 1. The van der Waals surface area contributed by atoms with Gasteiger partial charge in [0.15, 0.2) is 6.10 Å². The van der Waals surface area contributed by atoms with Crippen molar-refractivity contribution in [2.45, 2.75) is 57.7 Å². The highest BCUT2D eigenvalue weighted by molar-refractivity contribution is 5.82. The molecule has 1 aromatic carbocycles. The molecule has 2 atom stereocenters. The van der Waals surface area contributed by atoms with Crippen molar-refractivity contribution in [2.75, 3.05) is 26.3 Å². The summed E-state index contributed by atoms with van der Waals surface area (Å²) in [5.41, 5.74) is 0.978. The standard InChI is InChI=1S/C21H31NO3/c1-2-24-16-17-9-8-14-22(15-17)21(23)20(18-10-4-3-5-11-18)25-19-12-6-7-13-19/h3-5,10-11,17,19-20H,2,6-9,12-16H2,1H3. The lowest BCUT2D eigenvalue weighted by Gasteiger charge is -2.35. The van der Waals surface area contributed by atoms with E-state index in [2.05, 4.69) is 0 Å². The van der Waals surface area contributed by atoms with Crippen molar-refractivity contribution in [3.05, 3.63) is 35.9 Å². The molecule has 1 saturated heterocycles. The second-order valence-corrected chi connectivity index (χ2v) is 7.29. The summed E-state index contributed by atoms with van der Waals surface area (Å²) in [5.74, 6) is 0.569. The van der Waals surface area contributed by atoms with E-state index in [4.69, 9.17) is 9.47 Å². The Morgan fingerprint density at radius 3 is 2.64 bits per heavy atom. The average molecular weight is 345 g/mol. The Balaban J connectivity index is 1.69. The Labute approximate surface area is 151 Å². The van der Waals surface area contributed by atoms with E-state index in [1.807, 2.05) is 42.2 Å². The number of hydrogen-bond donors (Lipinski definition) is 0. The van der Waals surface area contributed by atoms with Gasteiger partial charge in [-0.25, -0.2) is 0 Å². The molecule has 0 radical (unpaired) electrons. The van der Waals surface area contributed by atoms with Gasteiger partial charge in [0, 0.05) is 19.7 Å². The largest absolute Gasteiger partial charge is 0.381 e. The fourth-order valence-electron chi connectivity index (χ4n) is 3.98. The minimum Gasteiger partial charge on any atom is -0.381 e. The highest BCUT2D eigenvalue weighted by atomic mass is 16.5. The van der Waals surface area contributed by atoms with Gasteiger partial charge < -0.3 is 14.4 Å². The number of hydrogen-bond acceptors (Lipinski definition) is 3. The van der Waals surface area contributed by atoms with Gasteiger partial charge in [-0.1, -0.05) is 43.2 Å². The van der Waals surface area contributed by atoms with Gasteiger partial charge in [0.05, 0.1) is 12.7 Å². The van der Waals surface area contributed by atoms with Gasteiger partial charge >= 0.3 is 0 Å². The summed E-state index contributed by atoms with van der Waals surface area (Å²) < 4.78 is 11.9. The van der Waals surface area contributed by atoms with E-state index in [0.29, 0.717) is 5.92 Å². The molecule has 25 heavy (non-hydrogen) atoms. The second kappa shape index (κ2) is 9.35. The minimum absolute atomic E-state index is 0.124. The van der Waals surface area contributed by atoms with Gasteiger partial charge in [-0.2, -0.15) is 0 Å². The van der Waals surface area contributed by atoms with Crippen LogP contribution in [0.1, 0.15) is 57.1 Å². The van der Waals surface area contributed by atoms with Gasteiger partial charge in [-0.15, -0.1) is 0 Å². The van der Waals surface area contributed by atoms with E-state index in [-0.39, 0.29) is 12.0 Å². The first kappa shape index (κ1) is 18.4. The van der Waals surface area contributed by atoms with Crippen molar-refractivity contribution in [1.82, 2.24) is 4.90 Å². The molecule has 1 saturated carbocycles. The molecule has 4 nitrogen and oxygen atoms in total. The van der Waals surface area contributed by atoms with E-state index >= 15 is 0 Å². The maximum absolute atomic E-state index is 13.3. The first-order valence-corrected chi connectivity index (χ1v) is 9.85. The lowest BCUT2D eigenvalue weighted by molar-refractivity contribution is -0.150. The third-order valence-electron chi connectivity index (χ3n) is 5.35. The summed E-state index contributed by atoms with van der Waals surface area (Å²) >= 11 is 0. The molecule has 138 valence electrons. The van der Waals surface area contributed by atoms with Crippen molar-refractivity contribution in [3.63, 3.8) is 0 Å². The van der Waals surface area contributed by atoms with Gasteiger partial charge in [0.25, 0.3) is 5.91 Å². The second-order valence-electron chi connectivity index (χ2n) is 7.29. The van der Waals surface area contributed by atoms with Crippen molar-refractivity contribution in [2.24, 2.45) is 5.92 Å². The van der Waals surface area contributed by atoms with Crippen LogP contribution >= 0.6 is 0 Å². The zero-order chi connectivity index (χ0) is 17.5. The number of carbonyl (C=O) groups excluding carboxylic acids is 1. The van der Waals surface area contributed by atoms with Crippen LogP contribution in [0.2, 0.25) is 0 Å². The van der Waals surface area contributed by atoms with Crippen LogP contribution < -0.4 is 0 Å². The highest BCUT2D eigenvalue weighted by Crippen LogP contribution is 2.30. The quantitative estimate of drug-likeness (QED) is 0.751. The van der Waals surface area contributed by atoms with Crippen LogP contribution in [-0.4, -0.2) is 43.2 Å². The molecule has 1 amide bonds. The SMILES string of the molecule is CCOCC1CCCN(C(=O)C(OC2CCCC2)c2ccccc2)C1. The molecule has 1 aromatic rings. The van der Waals surface area contributed by atoms with Crippen LogP contribution in [0, 0.1) is 5.92 Å². The predicted molar refractivity (Wildman–Crippen MR) is 98.3 cm³/mol. The maximum Gasteiger partial charge on any atom is 0.256 e. The third kappa shape index (κ3) is 5.05. The van der Waals surface area contributed by atoms with Crippen LogP contribution in [0.15, 0.2) is 30.3 Å². The van der Waals surface area contributed by atoms with Crippen LogP contribution in [-0.2, 0) is 14.3 Å². The van der Waals surface area contributed by atoms with E-state index in [1.54, 1.807) is 0 Å². The maximum atomic E-state index is 13.3. The van der Waals surface area contributed by atoms with Crippen molar-refractivity contribution in [3.8, 4) is 0 Å². The molecular formula is C21H31NO3. The van der Waals surface area contributed by atoms with Crippen LogP contribution in [0.25, 0.3) is 0 Å². The Morgan fingerprint density at radius 1 is 1.16 bits per heavy atom. The normalized spacial score (nSPS) is 22.9. The zero-order valence-electron chi connectivity index (χ0n) is 15.4. The van der Waals surface area contributed by atoms with Gasteiger partial charge in [0.1, 0.15) is 0 Å². The Hall–Kier alpha value is -1.39. The fraction of sp³-hybridized carbons (Fsp3) is 0.667. The van der Waals surface area contributed by atoms with Gasteiger partial charge in [-0.05, 0) is 44.1 Å². The number of ether oxygens (including phenoxy) is 2. The predicted octanol–water partition coefficient (Wildman–Crippen LogP) is 3.96. The minimum atomic E-state index is -0.463. The summed E-state index contributed by atoms with van der Waals surface area (Å²) in [6.45, 7) is 5.13. The Morgan fingerprint density at radius 2 is 1.92 bits per heavy atom. The number of benzene rings is 1. The molecule has 1 aliphatic heterocycles. The first-order chi connectivity index (χ1) is 12.3. The molecule has 2 unspecified atom stereocenters. The zero-order valence-corrected chi connectivity index (χ0v) is 15.4. The molecule has 2 aliphatic rings. The smallest absolute Gasteiger partial charge is 0.256 e. The summed E-state index contributed by atoms with van der Waals surface area (Å²) in [7, 11) is 0. The van der Waals surface area contributed by atoms with Crippen molar-refractivity contribution < 1.29 is 14.3 Å². The van der Waals surface area contributed by atoms with E-state index < -0.39 is 6.10 Å². The lowest BCUT2D eigenvalue weighted by Crippen LogP contribution is -2.44. The molecule has 1 aliphatic carbocycles. The Kier molecular flexibility index (Phi) is 6.88. The molecule has 0 bridgehead atoms. The Bertz CT molecular complexity index is 527. The molecule has 3 rings (SSSR count). The highest BCUT2D eigenvalue weighted by Gasteiger charge is 2.33. The third-order valence-corrected chi connectivity index (χ3v) is 5.35. The summed E-state index contributed by atoms with van der Waals surface area (Å²) in [4.78, 5) is 15.3. The number of carbonyl (C=O) groups is 1. The monoisotopic (exact) mass is 345 g/mol. The summed E-state index contributed by atoms with van der Waals surface area (Å²) in [6, 6.07) is 9.99. The fourth-order valence-corrected chi connectivity index (χ4v) is 3.98. The van der Waals surface area contributed by atoms with E-state index in [9.17, 15) is 4.79 Å². The lowest BCUT2D eigenvalue weighted by atomic mass is 9.97. The average Bonchev–Trinajstić information content (AvgIpc) is 3.18. The molecule has 4 heteroatoms. The van der Waals surface area contributed by atoms with Crippen LogP contribution in [0.3, 0.4) is 0 Å². The molecule has 0 aromatic heterocycles. The van der Waals surface area contributed by atoms with Crippen LogP contribution in [0.4, 0.5) is 0 Å². The number of nitrogens with zero attached hydrogens (tertiary/aromatic N) is 1. The summed E-state index contributed by atoms with van der Waals surface area (Å²) in [5, 5.41) is 0. The molecule has 0 N–H and O–H groups in total. The number of likely N-dealkylation sites (tertiary alicyclic amines) is 1. The molecule has 0 spiro atoms. The van der Waals surface area contributed by atoms with Crippen molar-refractivity contribution in [1.29, 1.82) is 0 Å². The molecule has 1 heterocycles. The van der Waals surface area contributed by atoms with Gasteiger partial charge in [0.2, 0.25) is 0 Å². The topological polar surface area (TPSA) is 38.8 Å². The van der Waals surface area contributed by atoms with E-state index in [1.165, 1.54) is 12.8 Å². The van der Waals surface area contributed by atoms with E-state index in [0.717, 1.165) is 57.6 Å². The van der Waals surface area contributed by atoms with Gasteiger partial charge in [-0.3, -0.25) is 4.79 Å². The molecule has 2 fully saturated rings. The first-order valence-electron chi connectivity index (χ1n) is 9.85. The number of amides is 1. The number of rotatable bonds is 7. The molecular weight excluding hydrogens is 314 g/mol. The van der Waals surface area contributed by atoms with Crippen LogP contribution in [0.5, 0.6) is 0 Å². The van der Waals surface area contributed by atoms with Crippen molar-refractivity contribution >= 4 is 5.91 Å².